The van der Waals surface area contributed by atoms with Crippen LogP contribution in [-0.4, -0.2) is 46.9 Å². The molecule has 13 heteroatoms. The molecule has 1 aliphatic rings. The first-order chi connectivity index (χ1) is 18.1. The lowest BCUT2D eigenvalue weighted by Gasteiger charge is -2.28. The van der Waals surface area contributed by atoms with E-state index in [0.29, 0.717) is 23.9 Å². The van der Waals surface area contributed by atoms with E-state index in [4.69, 9.17) is 38.3 Å². The summed E-state index contributed by atoms with van der Waals surface area (Å²) in [6, 6.07) is 5.46. The van der Waals surface area contributed by atoms with Gasteiger partial charge < -0.3 is 41.2 Å². The van der Waals surface area contributed by atoms with Crippen LogP contribution < -0.4 is 37.0 Å². The predicted molar refractivity (Wildman–Crippen MR) is 142 cm³/mol. The fourth-order valence-electron chi connectivity index (χ4n) is 4.41. The molecule has 1 aromatic carbocycles. The van der Waals surface area contributed by atoms with Crippen molar-refractivity contribution in [3.63, 3.8) is 0 Å². The SMILES string of the molecule is COc1ccc(Cl)c(OCC2CCCN2c2cc3c(cc2F)c(=O)c(C(=O)O)cn3/C(C=C(N)N)=C/N)n1. The molecule has 0 bridgehead atoms. The Morgan fingerprint density at radius 2 is 2.11 bits per heavy atom. The molecule has 3 aromatic rings. The van der Waals surface area contributed by atoms with Crippen molar-refractivity contribution >= 4 is 39.9 Å². The molecule has 2 aromatic heterocycles. The number of allylic oxidation sites excluding steroid dienone is 2. The van der Waals surface area contributed by atoms with E-state index in [1.54, 1.807) is 12.1 Å². The normalized spacial score (nSPS) is 15.5. The summed E-state index contributed by atoms with van der Waals surface area (Å²) in [6.45, 7) is 0.672. The number of carboxylic acid groups (broad SMARTS) is 1. The minimum absolute atomic E-state index is 0.102. The molecular formula is C25H26ClFN6O5. The van der Waals surface area contributed by atoms with Crippen LogP contribution in [0.5, 0.6) is 11.8 Å². The number of carbonyl (C=O) groups is 1. The number of methoxy groups -OCH3 is 1. The van der Waals surface area contributed by atoms with Gasteiger partial charge in [-0.25, -0.2) is 9.18 Å². The van der Waals surface area contributed by atoms with Crippen LogP contribution in [0.4, 0.5) is 10.1 Å². The zero-order chi connectivity index (χ0) is 27.6. The van der Waals surface area contributed by atoms with E-state index in [0.717, 1.165) is 24.9 Å². The number of anilines is 1. The summed E-state index contributed by atoms with van der Waals surface area (Å²) in [6.07, 6.45) is 5.01. The Bertz CT molecular complexity index is 1520. The number of aromatic nitrogens is 2. The van der Waals surface area contributed by atoms with Crippen LogP contribution in [0.15, 0.2) is 53.4 Å². The lowest BCUT2D eigenvalue weighted by atomic mass is 10.1. The highest BCUT2D eigenvalue weighted by Gasteiger charge is 2.29. The smallest absolute Gasteiger partial charge is 0.341 e. The maximum Gasteiger partial charge on any atom is 0.341 e. The third kappa shape index (κ3) is 5.16. The molecule has 1 unspecified atom stereocenters. The second-order valence-corrected chi connectivity index (χ2v) is 8.95. The number of pyridine rings is 2. The average Bonchev–Trinajstić information content (AvgIpc) is 3.35. The second kappa shape index (κ2) is 10.9. The molecule has 1 atom stereocenters. The van der Waals surface area contributed by atoms with Crippen LogP contribution in [0.2, 0.25) is 5.02 Å². The summed E-state index contributed by atoms with van der Waals surface area (Å²) >= 11 is 6.20. The maximum atomic E-state index is 15.5. The summed E-state index contributed by atoms with van der Waals surface area (Å²) in [4.78, 5) is 30.7. The average molecular weight is 545 g/mol. The van der Waals surface area contributed by atoms with Crippen molar-refractivity contribution in [3.8, 4) is 11.8 Å². The Morgan fingerprint density at radius 1 is 1.34 bits per heavy atom. The van der Waals surface area contributed by atoms with Gasteiger partial charge in [0.25, 0.3) is 0 Å². The van der Waals surface area contributed by atoms with Crippen LogP contribution in [-0.2, 0) is 0 Å². The van der Waals surface area contributed by atoms with Crippen molar-refractivity contribution < 1.29 is 23.8 Å². The predicted octanol–water partition coefficient (Wildman–Crippen LogP) is 2.46. The van der Waals surface area contributed by atoms with E-state index in [1.807, 2.05) is 4.90 Å². The van der Waals surface area contributed by atoms with Crippen molar-refractivity contribution in [2.45, 2.75) is 18.9 Å². The monoisotopic (exact) mass is 544 g/mol. The van der Waals surface area contributed by atoms with Crippen LogP contribution in [0.1, 0.15) is 23.2 Å². The number of aromatic carboxylic acids is 1. The fraction of sp³-hybridized carbons (Fsp3) is 0.240. The van der Waals surface area contributed by atoms with Crippen molar-refractivity contribution in [2.75, 3.05) is 25.2 Å². The number of hydrogen-bond donors (Lipinski definition) is 4. The minimum atomic E-state index is -1.47. The molecule has 3 heterocycles. The van der Waals surface area contributed by atoms with Crippen LogP contribution in [0.3, 0.4) is 0 Å². The molecule has 0 saturated carbocycles. The molecule has 200 valence electrons. The Balaban J connectivity index is 1.78. The number of fused-ring (bicyclic) bond motifs is 1. The maximum absolute atomic E-state index is 15.5. The van der Waals surface area contributed by atoms with E-state index in [-0.39, 0.29) is 46.6 Å². The number of benzene rings is 1. The number of hydrogen-bond acceptors (Lipinski definition) is 9. The molecule has 1 aliphatic heterocycles. The Labute approximate surface area is 221 Å². The standard InChI is InChI=1S/C25H26ClFN6O5/c1-37-22-5-4-17(26)24(31-22)38-12-13-3-2-6-32(13)20-9-19-15(8-18(20)27)23(34)16(25(35)36)11-33(19)14(10-28)7-21(29)30/h4-5,7-11,13H,2-3,6,12,28-30H2,1H3,(H,35,36)/b14-10+. The molecule has 0 spiro atoms. The first-order valence-electron chi connectivity index (χ1n) is 11.5. The molecule has 38 heavy (non-hydrogen) atoms. The zero-order valence-corrected chi connectivity index (χ0v) is 21.1. The van der Waals surface area contributed by atoms with E-state index in [1.165, 1.54) is 23.8 Å². The highest BCUT2D eigenvalue weighted by atomic mass is 35.5. The van der Waals surface area contributed by atoms with Gasteiger partial charge in [0.2, 0.25) is 17.2 Å². The van der Waals surface area contributed by atoms with E-state index in [9.17, 15) is 14.7 Å². The quantitative estimate of drug-likeness (QED) is 0.308. The van der Waals surface area contributed by atoms with Gasteiger partial charge in [0, 0.05) is 36.5 Å². The largest absolute Gasteiger partial charge is 0.481 e. The Hall–Kier alpha value is -4.45. The van der Waals surface area contributed by atoms with Gasteiger partial charge in [0.1, 0.15) is 23.0 Å². The van der Waals surface area contributed by atoms with Gasteiger partial charge in [-0.3, -0.25) is 4.79 Å². The molecule has 4 rings (SSSR count). The van der Waals surface area contributed by atoms with Gasteiger partial charge >= 0.3 is 5.97 Å². The van der Waals surface area contributed by atoms with Crippen molar-refractivity contribution in [3.05, 3.63) is 75.2 Å². The molecule has 1 fully saturated rings. The molecule has 7 N–H and O–H groups in total. The van der Waals surface area contributed by atoms with E-state index in [2.05, 4.69) is 4.98 Å². The Kier molecular flexibility index (Phi) is 7.62. The number of nitrogens with zero attached hydrogens (tertiary/aromatic N) is 3. The highest BCUT2D eigenvalue weighted by molar-refractivity contribution is 6.31. The van der Waals surface area contributed by atoms with Crippen molar-refractivity contribution in [1.82, 2.24) is 9.55 Å². The topological polar surface area (TPSA) is 172 Å². The number of ether oxygens (including phenoxy) is 2. The lowest BCUT2D eigenvalue weighted by molar-refractivity contribution is 0.0695. The molecule has 0 radical (unpaired) electrons. The summed E-state index contributed by atoms with van der Waals surface area (Å²) in [5, 5.41) is 9.72. The van der Waals surface area contributed by atoms with Crippen molar-refractivity contribution in [2.24, 2.45) is 17.2 Å². The molecule has 0 amide bonds. The first kappa shape index (κ1) is 26.6. The van der Waals surface area contributed by atoms with Gasteiger partial charge in [0.05, 0.1) is 35.9 Å². The van der Waals surface area contributed by atoms with Crippen molar-refractivity contribution in [1.29, 1.82) is 0 Å². The molecule has 0 aliphatic carbocycles. The Morgan fingerprint density at radius 3 is 2.76 bits per heavy atom. The fourth-order valence-corrected chi connectivity index (χ4v) is 4.57. The first-order valence-corrected chi connectivity index (χ1v) is 11.9. The molecular weight excluding hydrogens is 519 g/mol. The highest BCUT2D eigenvalue weighted by Crippen LogP contribution is 2.33. The van der Waals surface area contributed by atoms with E-state index < -0.39 is 22.8 Å². The second-order valence-electron chi connectivity index (χ2n) is 8.54. The number of halogens is 2. The van der Waals surface area contributed by atoms with Crippen LogP contribution in [0, 0.1) is 5.82 Å². The van der Waals surface area contributed by atoms with Gasteiger partial charge in [-0.1, -0.05) is 11.6 Å². The van der Waals surface area contributed by atoms with Gasteiger partial charge in [-0.15, -0.1) is 0 Å². The minimum Gasteiger partial charge on any atom is -0.481 e. The molecule has 11 nitrogen and oxygen atoms in total. The summed E-state index contributed by atoms with van der Waals surface area (Å²) in [5.74, 6) is -1.74. The number of rotatable bonds is 8. The van der Waals surface area contributed by atoms with Gasteiger partial charge in [-0.2, -0.15) is 4.98 Å². The van der Waals surface area contributed by atoms with Gasteiger partial charge in [0.15, 0.2) is 0 Å². The van der Waals surface area contributed by atoms with E-state index >= 15 is 4.39 Å². The van der Waals surface area contributed by atoms with Crippen LogP contribution in [0.25, 0.3) is 16.6 Å². The molecule has 1 saturated heterocycles. The zero-order valence-electron chi connectivity index (χ0n) is 20.4. The summed E-state index contributed by atoms with van der Waals surface area (Å²) < 4.78 is 27.8. The summed E-state index contributed by atoms with van der Waals surface area (Å²) in [5.41, 5.74) is 16.2. The van der Waals surface area contributed by atoms with Gasteiger partial charge in [-0.05, 0) is 31.0 Å². The number of carboxylic acids is 1. The summed E-state index contributed by atoms with van der Waals surface area (Å²) in [7, 11) is 1.48. The van der Waals surface area contributed by atoms with Crippen LogP contribution >= 0.6 is 11.6 Å². The lowest BCUT2D eigenvalue weighted by Crippen LogP contribution is -2.35. The third-order valence-electron chi connectivity index (χ3n) is 6.16. The number of nitrogens with two attached hydrogens (primary N) is 3. The third-order valence-corrected chi connectivity index (χ3v) is 6.45.